The van der Waals surface area contributed by atoms with E-state index < -0.39 is 5.66 Å². The molecular weight excluding hydrogens is 270 g/mol. The molecular formula is C14H11N5O2. The van der Waals surface area contributed by atoms with E-state index in [1.165, 1.54) is 18.2 Å². The van der Waals surface area contributed by atoms with Crippen LogP contribution in [0.1, 0.15) is 12.5 Å². The van der Waals surface area contributed by atoms with Gasteiger partial charge in [-0.2, -0.15) is 0 Å². The molecule has 0 radical (unpaired) electrons. The molecule has 7 heteroatoms. The highest BCUT2D eigenvalue weighted by atomic mass is 16.2. The van der Waals surface area contributed by atoms with Gasteiger partial charge < -0.3 is 10.6 Å². The number of benzene rings is 1. The first-order valence-electron chi connectivity index (χ1n) is 6.44. The third-order valence-corrected chi connectivity index (χ3v) is 3.73. The van der Waals surface area contributed by atoms with Gasteiger partial charge in [0.1, 0.15) is 6.33 Å². The summed E-state index contributed by atoms with van der Waals surface area (Å²) in [7, 11) is 0. The molecule has 1 spiro atoms. The molecule has 2 amide bonds. The van der Waals surface area contributed by atoms with E-state index in [4.69, 9.17) is 0 Å². The normalized spacial score (nSPS) is 21.8. The summed E-state index contributed by atoms with van der Waals surface area (Å²) < 4.78 is 0. The average molecular weight is 281 g/mol. The lowest BCUT2D eigenvalue weighted by Crippen LogP contribution is -2.49. The molecule has 0 fully saturated rings. The van der Waals surface area contributed by atoms with Gasteiger partial charge in [-0.3, -0.25) is 9.59 Å². The zero-order valence-corrected chi connectivity index (χ0v) is 11.1. The number of aromatic nitrogens is 2. The molecule has 104 valence electrons. The largest absolute Gasteiger partial charge is 0.347 e. The highest BCUT2D eigenvalue weighted by molar-refractivity contribution is 6.24. The maximum atomic E-state index is 12.8. The monoisotopic (exact) mass is 281 g/mol. The molecule has 0 saturated carbocycles. The van der Waals surface area contributed by atoms with Crippen molar-refractivity contribution in [2.24, 2.45) is 0 Å². The Balaban J connectivity index is 1.92. The van der Waals surface area contributed by atoms with Gasteiger partial charge in [-0.1, -0.05) is 18.2 Å². The molecule has 0 saturated heterocycles. The Labute approximate surface area is 120 Å². The number of rotatable bonds is 0. The fraction of sp³-hybridized carbons (Fsp3) is 0.143. The number of carbonyl (C=O) groups is 2. The number of carbonyl (C=O) groups excluding carboxylic acids is 2. The van der Waals surface area contributed by atoms with Crippen molar-refractivity contribution in [2.75, 3.05) is 15.5 Å². The summed E-state index contributed by atoms with van der Waals surface area (Å²) in [6.07, 6.45) is 3.00. The van der Waals surface area contributed by atoms with Crippen molar-refractivity contribution in [3.63, 3.8) is 0 Å². The third kappa shape index (κ3) is 1.37. The van der Waals surface area contributed by atoms with Gasteiger partial charge in [-0.15, -0.1) is 0 Å². The van der Waals surface area contributed by atoms with Crippen molar-refractivity contribution >= 4 is 29.0 Å². The maximum Gasteiger partial charge on any atom is 0.285 e. The lowest BCUT2D eigenvalue weighted by atomic mass is 10.0. The van der Waals surface area contributed by atoms with Crippen LogP contribution < -0.4 is 15.5 Å². The summed E-state index contributed by atoms with van der Waals surface area (Å²) in [6, 6.07) is 7.19. The lowest BCUT2D eigenvalue weighted by molar-refractivity contribution is -0.126. The van der Waals surface area contributed by atoms with Crippen molar-refractivity contribution < 1.29 is 9.59 Å². The van der Waals surface area contributed by atoms with Crippen LogP contribution >= 0.6 is 0 Å². The fourth-order valence-electron chi connectivity index (χ4n) is 2.86. The number of fused-ring (bicyclic) bond motifs is 3. The van der Waals surface area contributed by atoms with Gasteiger partial charge in [0, 0.05) is 12.5 Å². The quantitative estimate of drug-likeness (QED) is 0.751. The minimum absolute atomic E-state index is 0.324. The van der Waals surface area contributed by atoms with E-state index in [0.29, 0.717) is 22.8 Å². The Morgan fingerprint density at radius 2 is 2.10 bits per heavy atom. The highest BCUT2D eigenvalue weighted by Gasteiger charge is 2.56. The standard InChI is InChI=1S/C14H11N5O2/c1-8(20)19-11-5-3-2-4-9(11)14(13(19)21)17-10-6-15-7-16-12(10)18-14/h2-7,17H,1H3,(H,15,16,18). The Hall–Kier alpha value is -2.96. The van der Waals surface area contributed by atoms with Crippen molar-refractivity contribution in [1.29, 1.82) is 0 Å². The summed E-state index contributed by atoms with van der Waals surface area (Å²) in [4.78, 5) is 33.9. The fourth-order valence-corrected chi connectivity index (χ4v) is 2.86. The van der Waals surface area contributed by atoms with E-state index in [-0.39, 0.29) is 11.8 Å². The summed E-state index contributed by atoms with van der Waals surface area (Å²) in [6.45, 7) is 1.37. The number of hydrogen-bond donors (Lipinski definition) is 2. The molecule has 7 nitrogen and oxygen atoms in total. The van der Waals surface area contributed by atoms with Crippen LogP contribution in [0.4, 0.5) is 17.2 Å². The van der Waals surface area contributed by atoms with E-state index >= 15 is 0 Å². The van der Waals surface area contributed by atoms with Gasteiger partial charge in [0.05, 0.1) is 17.6 Å². The van der Waals surface area contributed by atoms with E-state index in [1.54, 1.807) is 18.3 Å². The molecule has 0 aliphatic carbocycles. The van der Waals surface area contributed by atoms with Crippen molar-refractivity contribution in [1.82, 2.24) is 9.97 Å². The number of nitrogens with one attached hydrogen (secondary N) is 2. The number of para-hydroxylation sites is 1. The second kappa shape index (κ2) is 3.78. The molecule has 0 bridgehead atoms. The zero-order chi connectivity index (χ0) is 14.6. The first kappa shape index (κ1) is 11.8. The van der Waals surface area contributed by atoms with E-state index in [2.05, 4.69) is 20.6 Å². The van der Waals surface area contributed by atoms with Crippen molar-refractivity contribution in [2.45, 2.75) is 12.6 Å². The van der Waals surface area contributed by atoms with Gasteiger partial charge in [0.25, 0.3) is 5.91 Å². The zero-order valence-electron chi connectivity index (χ0n) is 11.1. The maximum absolute atomic E-state index is 12.8. The van der Waals surface area contributed by atoms with Crippen LogP contribution in [0.3, 0.4) is 0 Å². The summed E-state index contributed by atoms with van der Waals surface area (Å²) in [5, 5.41) is 6.22. The third-order valence-electron chi connectivity index (χ3n) is 3.73. The van der Waals surface area contributed by atoms with Crippen LogP contribution in [0.5, 0.6) is 0 Å². The summed E-state index contributed by atoms with van der Waals surface area (Å²) >= 11 is 0. The Morgan fingerprint density at radius 3 is 2.86 bits per heavy atom. The molecule has 3 heterocycles. The average Bonchev–Trinajstić information content (AvgIpc) is 2.97. The summed E-state index contributed by atoms with van der Waals surface area (Å²) in [5.74, 6) is -0.150. The van der Waals surface area contributed by atoms with Gasteiger partial charge in [-0.05, 0) is 6.07 Å². The van der Waals surface area contributed by atoms with Crippen LogP contribution in [0.25, 0.3) is 0 Å². The Kier molecular flexibility index (Phi) is 2.13. The number of imide groups is 1. The predicted octanol–water partition coefficient (Wildman–Crippen LogP) is 1.06. The van der Waals surface area contributed by atoms with Crippen LogP contribution in [0.2, 0.25) is 0 Å². The predicted molar refractivity (Wildman–Crippen MR) is 75.6 cm³/mol. The molecule has 2 aromatic rings. The number of nitrogens with zero attached hydrogens (tertiary/aromatic N) is 3. The molecule has 1 unspecified atom stereocenters. The topological polar surface area (TPSA) is 87.2 Å². The van der Waals surface area contributed by atoms with Gasteiger partial charge in [0.2, 0.25) is 11.6 Å². The smallest absolute Gasteiger partial charge is 0.285 e. The van der Waals surface area contributed by atoms with E-state index in [9.17, 15) is 9.59 Å². The molecule has 2 aliphatic heterocycles. The molecule has 1 aromatic heterocycles. The first-order chi connectivity index (χ1) is 10.1. The molecule has 2 aliphatic rings. The number of hydrogen-bond acceptors (Lipinski definition) is 6. The van der Waals surface area contributed by atoms with Crippen LogP contribution in [-0.4, -0.2) is 21.8 Å². The second-order valence-corrected chi connectivity index (χ2v) is 4.96. The van der Waals surface area contributed by atoms with Gasteiger partial charge in [0.15, 0.2) is 5.82 Å². The van der Waals surface area contributed by atoms with Crippen molar-refractivity contribution in [3.8, 4) is 0 Å². The SMILES string of the molecule is CC(=O)N1C(=O)C2(Nc3cncnc3N2)c2ccccc21. The van der Waals surface area contributed by atoms with Crippen molar-refractivity contribution in [3.05, 3.63) is 42.4 Å². The molecule has 4 rings (SSSR count). The van der Waals surface area contributed by atoms with Crippen LogP contribution in [-0.2, 0) is 15.3 Å². The molecule has 2 N–H and O–H groups in total. The van der Waals surface area contributed by atoms with Gasteiger partial charge in [-0.25, -0.2) is 14.9 Å². The Bertz CT molecular complexity index is 763. The molecule has 1 aromatic carbocycles. The number of anilines is 3. The minimum Gasteiger partial charge on any atom is -0.347 e. The van der Waals surface area contributed by atoms with Crippen LogP contribution in [0.15, 0.2) is 36.8 Å². The van der Waals surface area contributed by atoms with Crippen LogP contribution in [0, 0.1) is 0 Å². The minimum atomic E-state index is -1.19. The lowest BCUT2D eigenvalue weighted by Gasteiger charge is -2.24. The van der Waals surface area contributed by atoms with Gasteiger partial charge >= 0.3 is 0 Å². The van der Waals surface area contributed by atoms with E-state index in [1.807, 2.05) is 12.1 Å². The molecule has 1 atom stereocenters. The molecule has 21 heavy (non-hydrogen) atoms. The highest BCUT2D eigenvalue weighted by Crippen LogP contribution is 2.47. The first-order valence-corrected chi connectivity index (χ1v) is 6.44. The second-order valence-electron chi connectivity index (χ2n) is 4.96. The Morgan fingerprint density at radius 1 is 1.29 bits per heavy atom. The number of amides is 2. The summed E-state index contributed by atoms with van der Waals surface area (Å²) in [5.41, 5.74) is 0.714. The van der Waals surface area contributed by atoms with E-state index in [0.717, 1.165) is 0 Å².